The molecule has 1 heterocycles. The first-order chi connectivity index (χ1) is 7.31. The van der Waals surface area contributed by atoms with Crippen molar-refractivity contribution in [1.82, 2.24) is 4.90 Å². The Labute approximate surface area is 91.3 Å². The molecule has 1 aromatic rings. The van der Waals surface area contributed by atoms with Crippen LogP contribution in [0.1, 0.15) is 11.1 Å². The normalized spacial score (nSPS) is 20.6. The van der Waals surface area contributed by atoms with Crippen molar-refractivity contribution in [1.29, 1.82) is 0 Å². The molecule has 1 aromatic carbocycles. The maximum atomic E-state index is 12.5. The Kier molecular flexibility index (Phi) is 2.47. The fourth-order valence-corrected chi connectivity index (χ4v) is 2.01. The number of hydrogen-bond acceptors (Lipinski definition) is 2. The molecule has 0 saturated carbocycles. The van der Waals surface area contributed by atoms with Crippen LogP contribution in [-0.4, -0.2) is 30.1 Å². The summed E-state index contributed by atoms with van der Waals surface area (Å²) in [7, 11) is 1.81. The van der Waals surface area contributed by atoms with E-state index in [9.17, 15) is 18.3 Å². The molecule has 0 bridgehead atoms. The zero-order chi connectivity index (χ0) is 12.0. The topological polar surface area (TPSA) is 23.5 Å². The molecular formula is C11H12F3NO. The summed E-state index contributed by atoms with van der Waals surface area (Å²) in [6.07, 6.45) is -4.36. The number of aliphatic hydroxyl groups is 1. The van der Waals surface area contributed by atoms with Gasteiger partial charge in [0.2, 0.25) is 0 Å². The molecule has 0 unspecified atom stereocenters. The second-order valence-electron chi connectivity index (χ2n) is 4.28. The van der Waals surface area contributed by atoms with E-state index >= 15 is 0 Å². The lowest BCUT2D eigenvalue weighted by Crippen LogP contribution is -2.57. The highest BCUT2D eigenvalue weighted by molar-refractivity contribution is 5.32. The minimum Gasteiger partial charge on any atom is -0.382 e. The SMILES string of the molecule is CN1CC(O)(c2cccc(C(F)(F)F)c2)C1. The van der Waals surface area contributed by atoms with Gasteiger partial charge in [-0.2, -0.15) is 13.2 Å². The van der Waals surface area contributed by atoms with Gasteiger partial charge in [0.1, 0.15) is 5.60 Å². The first-order valence-electron chi connectivity index (χ1n) is 4.90. The summed E-state index contributed by atoms with van der Waals surface area (Å²) in [5.74, 6) is 0. The average molecular weight is 231 g/mol. The van der Waals surface area contributed by atoms with Crippen molar-refractivity contribution in [3.05, 3.63) is 35.4 Å². The first-order valence-corrected chi connectivity index (χ1v) is 4.90. The van der Waals surface area contributed by atoms with Crippen LogP contribution in [0.25, 0.3) is 0 Å². The Morgan fingerprint density at radius 1 is 1.31 bits per heavy atom. The largest absolute Gasteiger partial charge is 0.416 e. The summed E-state index contributed by atoms with van der Waals surface area (Å²) in [6, 6.07) is 4.89. The van der Waals surface area contributed by atoms with Gasteiger partial charge in [0.05, 0.1) is 5.56 Å². The number of β-amino-alcohol motifs (C(OH)–C–C–N with tert-alkyl or cyclic N) is 1. The third-order valence-corrected chi connectivity index (χ3v) is 2.79. The highest BCUT2D eigenvalue weighted by atomic mass is 19.4. The van der Waals surface area contributed by atoms with Gasteiger partial charge in [0.25, 0.3) is 0 Å². The van der Waals surface area contributed by atoms with Crippen LogP contribution in [0.2, 0.25) is 0 Å². The average Bonchev–Trinajstić information content (AvgIpc) is 2.14. The molecule has 0 atom stereocenters. The predicted octanol–water partition coefficient (Wildman–Crippen LogP) is 1.84. The lowest BCUT2D eigenvalue weighted by atomic mass is 9.86. The van der Waals surface area contributed by atoms with Crippen LogP contribution in [0, 0.1) is 0 Å². The minimum atomic E-state index is -4.36. The van der Waals surface area contributed by atoms with E-state index in [4.69, 9.17) is 0 Å². The number of benzene rings is 1. The van der Waals surface area contributed by atoms with Crippen LogP contribution in [0.3, 0.4) is 0 Å². The minimum absolute atomic E-state index is 0.334. The maximum absolute atomic E-state index is 12.5. The van der Waals surface area contributed by atoms with Crippen molar-refractivity contribution in [2.75, 3.05) is 20.1 Å². The van der Waals surface area contributed by atoms with Crippen molar-refractivity contribution in [3.63, 3.8) is 0 Å². The lowest BCUT2D eigenvalue weighted by molar-refractivity contribution is -0.138. The Hall–Kier alpha value is -1.07. The molecule has 1 saturated heterocycles. The molecule has 2 nitrogen and oxygen atoms in total. The number of hydrogen-bond donors (Lipinski definition) is 1. The van der Waals surface area contributed by atoms with Crippen LogP contribution in [0.15, 0.2) is 24.3 Å². The number of alkyl halides is 3. The van der Waals surface area contributed by atoms with Gasteiger partial charge < -0.3 is 5.11 Å². The molecule has 16 heavy (non-hydrogen) atoms. The van der Waals surface area contributed by atoms with E-state index in [1.165, 1.54) is 12.1 Å². The molecule has 1 N–H and O–H groups in total. The van der Waals surface area contributed by atoms with E-state index in [0.717, 1.165) is 12.1 Å². The summed E-state index contributed by atoms with van der Waals surface area (Å²) in [5.41, 5.74) is -1.51. The van der Waals surface area contributed by atoms with Gasteiger partial charge >= 0.3 is 6.18 Å². The summed E-state index contributed by atoms with van der Waals surface area (Å²) in [5, 5.41) is 10.0. The molecule has 0 aliphatic carbocycles. The molecule has 0 aromatic heterocycles. The molecule has 1 aliphatic heterocycles. The molecule has 1 aliphatic rings. The number of rotatable bonds is 1. The van der Waals surface area contributed by atoms with Crippen molar-refractivity contribution in [2.45, 2.75) is 11.8 Å². The van der Waals surface area contributed by atoms with Crippen molar-refractivity contribution >= 4 is 0 Å². The predicted molar refractivity (Wildman–Crippen MR) is 52.8 cm³/mol. The van der Waals surface area contributed by atoms with E-state index < -0.39 is 17.3 Å². The lowest BCUT2D eigenvalue weighted by Gasteiger charge is -2.45. The van der Waals surface area contributed by atoms with E-state index in [-0.39, 0.29) is 0 Å². The number of likely N-dealkylation sites (N-methyl/N-ethyl adjacent to an activating group) is 1. The molecule has 0 radical (unpaired) electrons. The molecule has 0 amide bonds. The fraction of sp³-hybridized carbons (Fsp3) is 0.455. The molecule has 1 fully saturated rings. The molecule has 0 spiro atoms. The zero-order valence-corrected chi connectivity index (χ0v) is 8.75. The summed E-state index contributed by atoms with van der Waals surface area (Å²) in [6.45, 7) is 0.739. The molecule has 88 valence electrons. The standard InChI is InChI=1S/C11H12F3NO/c1-15-6-10(16,7-15)8-3-2-4-9(5-8)11(12,13)14/h2-5,16H,6-7H2,1H3. The monoisotopic (exact) mass is 231 g/mol. The van der Waals surface area contributed by atoms with Crippen LogP contribution < -0.4 is 0 Å². The second-order valence-corrected chi connectivity index (χ2v) is 4.28. The second kappa shape index (κ2) is 3.46. The van der Waals surface area contributed by atoms with Gasteiger partial charge in [-0.1, -0.05) is 12.1 Å². The highest BCUT2D eigenvalue weighted by Crippen LogP contribution is 2.35. The van der Waals surface area contributed by atoms with Gasteiger partial charge in [0, 0.05) is 13.1 Å². The smallest absolute Gasteiger partial charge is 0.382 e. The van der Waals surface area contributed by atoms with Crippen LogP contribution >= 0.6 is 0 Å². The van der Waals surface area contributed by atoms with E-state index in [2.05, 4.69) is 0 Å². The van der Waals surface area contributed by atoms with Gasteiger partial charge in [0.15, 0.2) is 0 Å². The summed E-state index contributed by atoms with van der Waals surface area (Å²) < 4.78 is 37.4. The van der Waals surface area contributed by atoms with Gasteiger partial charge in [-0.3, -0.25) is 4.90 Å². The third kappa shape index (κ3) is 1.92. The van der Waals surface area contributed by atoms with E-state index in [1.807, 2.05) is 11.9 Å². The van der Waals surface area contributed by atoms with Gasteiger partial charge in [-0.15, -0.1) is 0 Å². The van der Waals surface area contributed by atoms with Crippen molar-refractivity contribution in [3.8, 4) is 0 Å². The molecule has 2 rings (SSSR count). The van der Waals surface area contributed by atoms with E-state index in [1.54, 1.807) is 0 Å². The van der Waals surface area contributed by atoms with E-state index in [0.29, 0.717) is 18.7 Å². The third-order valence-electron chi connectivity index (χ3n) is 2.79. The van der Waals surface area contributed by atoms with Crippen LogP contribution in [0.5, 0.6) is 0 Å². The molecule has 5 heteroatoms. The Bertz CT molecular complexity index is 396. The Morgan fingerprint density at radius 2 is 1.94 bits per heavy atom. The van der Waals surface area contributed by atoms with Gasteiger partial charge in [-0.05, 0) is 24.7 Å². The van der Waals surface area contributed by atoms with Gasteiger partial charge in [-0.25, -0.2) is 0 Å². The number of likely N-dealkylation sites (tertiary alicyclic amines) is 1. The first kappa shape index (κ1) is 11.4. The fourth-order valence-electron chi connectivity index (χ4n) is 2.01. The summed E-state index contributed by atoms with van der Waals surface area (Å²) >= 11 is 0. The Morgan fingerprint density at radius 3 is 2.44 bits per heavy atom. The number of halogens is 3. The summed E-state index contributed by atoms with van der Waals surface area (Å²) in [4.78, 5) is 1.85. The quantitative estimate of drug-likeness (QED) is 0.797. The van der Waals surface area contributed by atoms with Crippen molar-refractivity contribution in [2.24, 2.45) is 0 Å². The number of nitrogens with zero attached hydrogens (tertiary/aromatic N) is 1. The van der Waals surface area contributed by atoms with Crippen molar-refractivity contribution < 1.29 is 18.3 Å². The zero-order valence-electron chi connectivity index (χ0n) is 8.75. The maximum Gasteiger partial charge on any atom is 0.416 e. The van der Waals surface area contributed by atoms with Crippen LogP contribution in [0.4, 0.5) is 13.2 Å². The molecular weight excluding hydrogens is 219 g/mol. The highest BCUT2D eigenvalue weighted by Gasteiger charge is 2.41. The van der Waals surface area contributed by atoms with Crippen LogP contribution in [-0.2, 0) is 11.8 Å². The Balaban J connectivity index is 2.30.